The van der Waals surface area contributed by atoms with Crippen molar-refractivity contribution in [1.29, 1.82) is 0 Å². The fourth-order valence-corrected chi connectivity index (χ4v) is 6.10. The maximum atomic E-state index is 14.0. The topological polar surface area (TPSA) is 50.8 Å². The van der Waals surface area contributed by atoms with Gasteiger partial charge < -0.3 is 14.8 Å². The summed E-state index contributed by atoms with van der Waals surface area (Å²) in [5.74, 6) is 0.818. The highest BCUT2D eigenvalue weighted by molar-refractivity contribution is 9.10. The quantitative estimate of drug-likeness (QED) is 0.332. The van der Waals surface area contributed by atoms with E-state index in [9.17, 15) is 18.0 Å². The van der Waals surface area contributed by atoms with Crippen molar-refractivity contribution in [2.24, 2.45) is 0 Å². The molecule has 1 spiro atoms. The van der Waals surface area contributed by atoms with Gasteiger partial charge in [0, 0.05) is 34.2 Å². The van der Waals surface area contributed by atoms with E-state index in [1.807, 2.05) is 24.3 Å². The van der Waals surface area contributed by atoms with Gasteiger partial charge in [-0.05, 0) is 65.9 Å². The Morgan fingerprint density at radius 2 is 1.79 bits per heavy atom. The molecule has 1 heterocycles. The highest BCUT2D eigenvalue weighted by atomic mass is 79.9. The van der Waals surface area contributed by atoms with Gasteiger partial charge >= 0.3 is 12.2 Å². The second-order valence-electron chi connectivity index (χ2n) is 9.83. The fourth-order valence-electron chi connectivity index (χ4n) is 5.76. The zero-order chi connectivity index (χ0) is 27.1. The van der Waals surface area contributed by atoms with Crippen LogP contribution in [0.1, 0.15) is 42.4 Å². The van der Waals surface area contributed by atoms with Gasteiger partial charge in [-0.1, -0.05) is 47.0 Å². The van der Waals surface area contributed by atoms with Crippen molar-refractivity contribution < 1.29 is 27.4 Å². The van der Waals surface area contributed by atoms with Crippen LogP contribution in [0.25, 0.3) is 11.1 Å². The number of anilines is 1. The Balaban J connectivity index is 1.48. The van der Waals surface area contributed by atoms with Gasteiger partial charge in [-0.2, -0.15) is 13.2 Å². The smallest absolute Gasteiger partial charge is 0.417 e. The molecule has 2 amide bonds. The molecule has 1 aliphatic heterocycles. The summed E-state index contributed by atoms with van der Waals surface area (Å²) in [4.78, 5) is 15.1. The van der Waals surface area contributed by atoms with Gasteiger partial charge in [0.1, 0.15) is 11.5 Å². The number of nitrogens with zero attached hydrogens (tertiary/aromatic N) is 1. The van der Waals surface area contributed by atoms with Crippen LogP contribution in [0.15, 0.2) is 59.1 Å². The lowest BCUT2D eigenvalue weighted by molar-refractivity contribution is -0.137. The molecule has 9 heteroatoms. The third-order valence-electron chi connectivity index (χ3n) is 7.65. The number of halogens is 4. The Hall–Kier alpha value is -3.20. The third kappa shape index (κ3) is 4.84. The van der Waals surface area contributed by atoms with Crippen molar-refractivity contribution in [3.63, 3.8) is 0 Å². The van der Waals surface area contributed by atoms with Crippen LogP contribution in [0.5, 0.6) is 11.5 Å². The lowest BCUT2D eigenvalue weighted by Crippen LogP contribution is -2.41. The Morgan fingerprint density at radius 3 is 2.47 bits per heavy atom. The van der Waals surface area contributed by atoms with Crippen LogP contribution in [0.2, 0.25) is 0 Å². The van der Waals surface area contributed by atoms with Gasteiger partial charge in [0.05, 0.1) is 19.8 Å². The molecule has 3 aromatic carbocycles. The molecule has 0 radical (unpaired) electrons. The molecule has 0 aromatic heterocycles. The minimum absolute atomic E-state index is 0.0967. The lowest BCUT2D eigenvalue weighted by atomic mass is 9.79. The summed E-state index contributed by atoms with van der Waals surface area (Å²) >= 11 is 3.42. The average Bonchev–Trinajstić information content (AvgIpc) is 3.51. The van der Waals surface area contributed by atoms with E-state index >= 15 is 0 Å². The molecule has 5 nitrogen and oxygen atoms in total. The Morgan fingerprint density at radius 1 is 1.03 bits per heavy atom. The summed E-state index contributed by atoms with van der Waals surface area (Å²) in [6.07, 6.45) is -0.712. The highest BCUT2D eigenvalue weighted by Crippen LogP contribution is 2.52. The number of amides is 2. The van der Waals surface area contributed by atoms with E-state index in [4.69, 9.17) is 9.47 Å². The van der Waals surface area contributed by atoms with Gasteiger partial charge in [0.15, 0.2) is 0 Å². The number of benzene rings is 3. The first-order valence-electron chi connectivity index (χ1n) is 12.4. The van der Waals surface area contributed by atoms with E-state index in [0.717, 1.165) is 53.0 Å². The molecule has 0 atom stereocenters. The number of urea groups is 1. The number of methoxy groups -OCH3 is 2. The van der Waals surface area contributed by atoms with Gasteiger partial charge in [-0.3, -0.25) is 4.90 Å². The Kier molecular flexibility index (Phi) is 7.07. The summed E-state index contributed by atoms with van der Waals surface area (Å²) in [5, 5.41) is 3.00. The van der Waals surface area contributed by atoms with Crippen LogP contribution in [0, 0.1) is 0 Å². The average molecular weight is 589 g/mol. The maximum Gasteiger partial charge on any atom is 0.417 e. The Bertz CT molecular complexity index is 1370. The molecule has 200 valence electrons. The first-order valence-corrected chi connectivity index (χ1v) is 13.2. The lowest BCUT2D eigenvalue weighted by Gasteiger charge is -2.25. The largest absolute Gasteiger partial charge is 0.497 e. The van der Waals surface area contributed by atoms with E-state index in [0.29, 0.717) is 17.9 Å². The number of hydrogen-bond donors (Lipinski definition) is 1. The maximum absolute atomic E-state index is 14.0. The number of ether oxygens (including phenoxy) is 2. The Labute approximate surface area is 228 Å². The van der Waals surface area contributed by atoms with E-state index in [1.54, 1.807) is 30.2 Å². The van der Waals surface area contributed by atoms with Crippen molar-refractivity contribution >= 4 is 27.6 Å². The first-order chi connectivity index (χ1) is 18.1. The van der Waals surface area contributed by atoms with Crippen LogP contribution in [0.4, 0.5) is 23.7 Å². The zero-order valence-corrected chi connectivity index (χ0v) is 22.7. The molecule has 3 aromatic rings. The van der Waals surface area contributed by atoms with E-state index in [1.165, 1.54) is 13.2 Å². The molecule has 1 N–H and O–H groups in total. The van der Waals surface area contributed by atoms with Crippen LogP contribution in [-0.2, 0) is 18.1 Å². The van der Waals surface area contributed by atoms with Crippen LogP contribution in [-0.4, -0.2) is 26.8 Å². The standard InChI is InChI=1S/C29H28BrF3N2O3/c1-37-21-8-9-22(23(15-21)29(31,32)33)18-6-10-25-24(13-18)28(11-3-4-12-28)17-35(25)27(36)34-16-19-5-7-20(30)14-26(19)38-2/h5-10,13-15H,3-4,11-12,16-17H2,1-2H3,(H,34,36). The second kappa shape index (κ2) is 10.2. The molecule has 0 unspecified atom stereocenters. The molecule has 38 heavy (non-hydrogen) atoms. The van der Waals surface area contributed by atoms with Gasteiger partial charge in [0.2, 0.25) is 0 Å². The molecule has 2 aliphatic rings. The van der Waals surface area contributed by atoms with Crippen LogP contribution in [0.3, 0.4) is 0 Å². The van der Waals surface area contributed by atoms with Crippen molar-refractivity contribution in [3.8, 4) is 22.6 Å². The minimum Gasteiger partial charge on any atom is -0.497 e. The van der Waals surface area contributed by atoms with Gasteiger partial charge in [0.25, 0.3) is 0 Å². The number of hydrogen-bond acceptors (Lipinski definition) is 3. The van der Waals surface area contributed by atoms with E-state index in [-0.39, 0.29) is 29.3 Å². The first kappa shape index (κ1) is 26.4. The predicted molar refractivity (Wildman–Crippen MR) is 144 cm³/mol. The van der Waals surface area contributed by atoms with Crippen molar-refractivity contribution in [2.45, 2.75) is 43.8 Å². The number of rotatable bonds is 5. The van der Waals surface area contributed by atoms with E-state index in [2.05, 4.69) is 21.2 Å². The SMILES string of the molecule is COc1ccc(-c2ccc3c(c2)C2(CCCC2)CN3C(=O)NCc2ccc(Br)cc2OC)c(C(F)(F)F)c1. The number of nitrogens with one attached hydrogen (secondary N) is 1. The zero-order valence-electron chi connectivity index (χ0n) is 21.1. The molecule has 0 saturated heterocycles. The van der Waals surface area contributed by atoms with Gasteiger partial charge in [-0.15, -0.1) is 0 Å². The van der Waals surface area contributed by atoms with Gasteiger partial charge in [-0.25, -0.2) is 4.79 Å². The number of carbonyl (C=O) groups is 1. The number of alkyl halides is 3. The highest BCUT2D eigenvalue weighted by Gasteiger charge is 2.46. The molecular formula is C29H28BrF3N2O3. The van der Waals surface area contributed by atoms with Crippen molar-refractivity contribution in [3.05, 3.63) is 75.8 Å². The van der Waals surface area contributed by atoms with Crippen LogP contribution >= 0.6 is 15.9 Å². The normalized spacial score (nSPS) is 16.0. The molecule has 1 fully saturated rings. The molecule has 1 aliphatic carbocycles. The molecule has 5 rings (SSSR count). The summed E-state index contributed by atoms with van der Waals surface area (Å²) in [7, 11) is 2.93. The van der Waals surface area contributed by atoms with Crippen molar-refractivity contribution in [1.82, 2.24) is 5.32 Å². The number of fused-ring (bicyclic) bond motifs is 2. The minimum atomic E-state index is -4.53. The molecule has 0 bridgehead atoms. The number of carbonyl (C=O) groups excluding carboxylic acids is 1. The predicted octanol–water partition coefficient (Wildman–Crippen LogP) is 7.69. The summed E-state index contributed by atoms with van der Waals surface area (Å²) in [6, 6.07) is 14.7. The van der Waals surface area contributed by atoms with E-state index < -0.39 is 11.7 Å². The molecular weight excluding hydrogens is 561 g/mol. The fraction of sp³-hybridized carbons (Fsp3) is 0.345. The van der Waals surface area contributed by atoms with Crippen LogP contribution < -0.4 is 19.7 Å². The second-order valence-corrected chi connectivity index (χ2v) is 10.7. The summed E-state index contributed by atoms with van der Waals surface area (Å²) in [6.45, 7) is 0.789. The third-order valence-corrected chi connectivity index (χ3v) is 8.14. The summed E-state index contributed by atoms with van der Waals surface area (Å²) < 4.78 is 53.2. The summed E-state index contributed by atoms with van der Waals surface area (Å²) in [5.41, 5.74) is 2.10. The monoisotopic (exact) mass is 588 g/mol. The van der Waals surface area contributed by atoms with Crippen molar-refractivity contribution in [2.75, 3.05) is 25.7 Å². The molecule has 1 saturated carbocycles.